The van der Waals surface area contributed by atoms with Crippen molar-refractivity contribution in [2.45, 2.75) is 96.8 Å². The van der Waals surface area contributed by atoms with Gasteiger partial charge in [0.15, 0.2) is 0 Å². The number of fused-ring (bicyclic) bond motifs is 15. The Labute approximate surface area is 393 Å². The second-order valence-electron chi connectivity index (χ2n) is 22.1. The highest BCUT2D eigenvalue weighted by Crippen LogP contribution is 2.61. The maximum absolute atomic E-state index is 7.20. The fraction of sp³-hybridized carbons (Fsp3) is 0.238. The molecule has 0 radical (unpaired) electrons. The summed E-state index contributed by atoms with van der Waals surface area (Å²) in [7, 11) is 0. The van der Waals surface area contributed by atoms with E-state index in [1.807, 2.05) is 0 Å². The lowest BCUT2D eigenvalue weighted by atomic mass is 9.40. The Morgan fingerprint density at radius 2 is 1.28 bits per heavy atom. The molecule has 4 heterocycles. The zero-order valence-electron chi connectivity index (χ0n) is 39.8. The molecule has 0 saturated heterocycles. The van der Waals surface area contributed by atoms with Crippen LogP contribution >= 0.6 is 0 Å². The van der Waals surface area contributed by atoms with Crippen molar-refractivity contribution in [2.24, 2.45) is 0 Å². The van der Waals surface area contributed by atoms with E-state index in [0.29, 0.717) is 0 Å². The Bertz CT molecular complexity index is 3840. The SMILES string of the molecule is CCCCc1ccc(N2C3=C(B4c5c2cc2c(oc6ccccc62)c5-c2cccc5c6ccc7ccccc7c6n4c25)C(C)(C)c2cc4c(cc23)C(C)(C)CCC4(C)C)c(-c2ccccc2)c1. The minimum Gasteiger partial charge on any atom is -0.455 e. The number of allylic oxidation sites excluding steroid dienone is 1. The largest absolute Gasteiger partial charge is 0.455 e. The molecule has 326 valence electrons. The molecular weight excluding hydrogens is 812 g/mol. The van der Waals surface area contributed by atoms with E-state index in [-0.39, 0.29) is 23.1 Å². The highest BCUT2D eigenvalue weighted by atomic mass is 16.3. The first-order valence-electron chi connectivity index (χ1n) is 24.8. The summed E-state index contributed by atoms with van der Waals surface area (Å²) in [4.78, 5) is 2.74. The number of furan rings is 1. The first-order valence-corrected chi connectivity index (χ1v) is 24.8. The van der Waals surface area contributed by atoms with E-state index in [9.17, 15) is 0 Å². The molecule has 67 heavy (non-hydrogen) atoms. The lowest BCUT2D eigenvalue weighted by Crippen LogP contribution is -2.52. The number of aryl methyl sites for hydroxylation is 1. The molecular formula is C63H55BN2O. The smallest absolute Gasteiger partial charge is 0.329 e. The van der Waals surface area contributed by atoms with Gasteiger partial charge in [-0.1, -0.05) is 170 Å². The van der Waals surface area contributed by atoms with Crippen molar-refractivity contribution >= 4 is 83.9 Å². The van der Waals surface area contributed by atoms with E-state index in [1.165, 1.54) is 130 Å². The number of hydrogen-bond donors (Lipinski definition) is 0. The summed E-state index contributed by atoms with van der Waals surface area (Å²) in [5.74, 6) is 0. The van der Waals surface area contributed by atoms with Crippen molar-refractivity contribution in [3.63, 3.8) is 0 Å². The van der Waals surface area contributed by atoms with Crippen LogP contribution in [-0.4, -0.2) is 11.3 Å². The van der Waals surface area contributed by atoms with E-state index in [2.05, 4.69) is 203 Å². The van der Waals surface area contributed by atoms with Crippen molar-refractivity contribution < 1.29 is 4.42 Å². The van der Waals surface area contributed by atoms with Crippen molar-refractivity contribution in [1.82, 2.24) is 4.48 Å². The molecule has 0 fully saturated rings. The van der Waals surface area contributed by atoms with Crippen LogP contribution in [0.15, 0.2) is 155 Å². The first kappa shape index (κ1) is 39.4. The predicted octanol–water partition coefficient (Wildman–Crippen LogP) is 16.3. The molecule has 0 spiro atoms. The summed E-state index contributed by atoms with van der Waals surface area (Å²) in [6.45, 7) is 17.2. The van der Waals surface area contributed by atoms with Crippen LogP contribution in [0.4, 0.5) is 11.4 Å². The van der Waals surface area contributed by atoms with E-state index >= 15 is 0 Å². The van der Waals surface area contributed by atoms with Crippen LogP contribution in [0.25, 0.3) is 82.5 Å². The maximum Gasteiger partial charge on any atom is 0.329 e. The van der Waals surface area contributed by atoms with Crippen LogP contribution in [0.5, 0.6) is 0 Å². The van der Waals surface area contributed by atoms with Gasteiger partial charge in [-0.2, -0.15) is 0 Å². The molecule has 2 aromatic heterocycles. The molecule has 0 amide bonds. The molecule has 0 N–H and O–H groups in total. The molecule has 4 heteroatoms. The fourth-order valence-corrected chi connectivity index (χ4v) is 13.5. The average molecular weight is 867 g/mol. The van der Waals surface area contributed by atoms with Gasteiger partial charge in [-0.15, -0.1) is 0 Å². The second kappa shape index (κ2) is 13.4. The van der Waals surface area contributed by atoms with Crippen molar-refractivity contribution in [3.8, 4) is 22.3 Å². The Balaban J connectivity index is 1.21. The molecule has 2 aliphatic carbocycles. The summed E-state index contributed by atoms with van der Waals surface area (Å²) in [6, 6.07) is 55.9. The summed E-state index contributed by atoms with van der Waals surface area (Å²) >= 11 is 0. The number of unbranched alkanes of at least 4 members (excludes halogenated alkanes) is 1. The molecule has 2 aliphatic heterocycles. The second-order valence-corrected chi connectivity index (χ2v) is 22.1. The van der Waals surface area contributed by atoms with Gasteiger partial charge in [0, 0.05) is 77.0 Å². The third-order valence-corrected chi connectivity index (χ3v) is 17.0. The molecule has 8 aromatic carbocycles. The fourth-order valence-electron chi connectivity index (χ4n) is 13.5. The predicted molar refractivity (Wildman–Crippen MR) is 285 cm³/mol. The van der Waals surface area contributed by atoms with Gasteiger partial charge >= 0.3 is 6.85 Å². The van der Waals surface area contributed by atoms with Crippen LogP contribution in [0.3, 0.4) is 0 Å². The zero-order chi connectivity index (χ0) is 45.3. The number of hydrogen-bond acceptors (Lipinski definition) is 2. The highest BCUT2D eigenvalue weighted by molar-refractivity contribution is 6.86. The van der Waals surface area contributed by atoms with Crippen molar-refractivity contribution in [2.75, 3.05) is 4.90 Å². The van der Waals surface area contributed by atoms with Crippen LogP contribution in [-0.2, 0) is 22.7 Å². The van der Waals surface area contributed by atoms with Crippen LogP contribution in [0, 0.1) is 0 Å². The number of aromatic nitrogens is 1. The molecule has 0 bridgehead atoms. The Kier molecular flexibility index (Phi) is 7.90. The molecule has 14 rings (SSSR count). The highest BCUT2D eigenvalue weighted by Gasteiger charge is 2.55. The summed E-state index contributed by atoms with van der Waals surface area (Å²) in [5.41, 5.74) is 23.1. The molecule has 0 atom stereocenters. The van der Waals surface area contributed by atoms with Gasteiger partial charge in [0.25, 0.3) is 0 Å². The molecule has 10 aromatic rings. The van der Waals surface area contributed by atoms with Crippen LogP contribution < -0.4 is 10.4 Å². The molecule has 0 saturated carbocycles. The van der Waals surface area contributed by atoms with E-state index in [4.69, 9.17) is 4.42 Å². The average Bonchev–Trinajstić information content (AvgIpc) is 3.96. The molecule has 0 unspecified atom stereocenters. The third-order valence-electron chi connectivity index (χ3n) is 17.0. The van der Waals surface area contributed by atoms with Gasteiger partial charge in [0.05, 0.1) is 5.69 Å². The summed E-state index contributed by atoms with van der Waals surface area (Å²) in [5, 5.41) is 7.48. The van der Waals surface area contributed by atoms with Crippen molar-refractivity contribution in [3.05, 3.63) is 179 Å². The molecule has 3 nitrogen and oxygen atoms in total. The van der Waals surface area contributed by atoms with Gasteiger partial charge in [0.1, 0.15) is 11.2 Å². The molecule has 4 aliphatic rings. The Morgan fingerprint density at radius 1 is 0.567 bits per heavy atom. The Hall–Kier alpha value is -6.78. The Morgan fingerprint density at radius 3 is 2.09 bits per heavy atom. The van der Waals surface area contributed by atoms with E-state index in [1.54, 1.807) is 0 Å². The number of anilines is 2. The van der Waals surface area contributed by atoms with Gasteiger partial charge in [-0.05, 0) is 111 Å². The number of nitrogens with zero attached hydrogens (tertiary/aromatic N) is 2. The van der Waals surface area contributed by atoms with Crippen molar-refractivity contribution in [1.29, 1.82) is 0 Å². The summed E-state index contributed by atoms with van der Waals surface area (Å²) < 4.78 is 9.99. The lowest BCUT2D eigenvalue weighted by molar-refractivity contribution is 0.331. The van der Waals surface area contributed by atoms with Gasteiger partial charge < -0.3 is 13.8 Å². The van der Waals surface area contributed by atoms with Gasteiger partial charge in [0.2, 0.25) is 0 Å². The monoisotopic (exact) mass is 866 g/mol. The lowest BCUT2D eigenvalue weighted by Gasteiger charge is -2.43. The van der Waals surface area contributed by atoms with E-state index in [0.717, 1.165) is 34.8 Å². The van der Waals surface area contributed by atoms with Crippen LogP contribution in [0.1, 0.15) is 102 Å². The standard InChI is InChI=1S/C63H55BN2O/c1-8-9-18-37-27-30-51(45(33-37)38-19-11-10-12-20-38)65-52-35-46-41-23-15-16-26-53(41)67-59(46)54-44-25-17-24-42-43-29-28-39-21-13-14-22-40(39)56(43)66(57(42)44)64(55(52)54)60-58(65)47-34-49-50(36-48(47)63(60,6)7)62(4,5)32-31-61(49,2)3/h10-17,19-30,33-36H,8-9,18,31-32H2,1-7H3. The third kappa shape index (κ3) is 5.14. The number of rotatable bonds is 5. The number of benzene rings is 8. The number of para-hydroxylation sites is 2. The van der Waals surface area contributed by atoms with Gasteiger partial charge in [-0.3, -0.25) is 0 Å². The van der Waals surface area contributed by atoms with Gasteiger partial charge in [-0.25, -0.2) is 0 Å². The zero-order valence-corrected chi connectivity index (χ0v) is 39.8. The van der Waals surface area contributed by atoms with Crippen LogP contribution in [0.2, 0.25) is 0 Å². The normalized spacial score (nSPS) is 17.2. The topological polar surface area (TPSA) is 21.3 Å². The van der Waals surface area contributed by atoms with E-state index < -0.39 is 0 Å². The minimum absolute atomic E-state index is 0.0431. The maximum atomic E-state index is 7.20. The quantitative estimate of drug-likeness (QED) is 0.161. The first-order chi connectivity index (χ1) is 32.5. The summed E-state index contributed by atoms with van der Waals surface area (Å²) in [6.07, 6.45) is 5.73. The minimum atomic E-state index is -0.341.